The molecule has 2 N–H and O–H groups in total. The molecule has 0 heterocycles. The molecule has 2 fully saturated rings. The monoisotopic (exact) mass is 431 g/mol. The van der Waals surface area contributed by atoms with Crippen molar-refractivity contribution < 1.29 is 10.2 Å². The Morgan fingerprint density at radius 2 is 1.81 bits per heavy atom. The van der Waals surface area contributed by atoms with Gasteiger partial charge < -0.3 is 15.1 Å². The lowest BCUT2D eigenvalue weighted by Crippen LogP contribution is -2.51. The Balaban J connectivity index is 1.66. The van der Waals surface area contributed by atoms with E-state index in [2.05, 4.69) is 68.1 Å². The van der Waals surface area contributed by atoms with Crippen molar-refractivity contribution >= 4 is 5.69 Å². The number of fused-ring (bicyclic) bond motifs is 4. The van der Waals surface area contributed by atoms with E-state index in [9.17, 15) is 10.2 Å². The molecule has 0 aromatic heterocycles. The van der Waals surface area contributed by atoms with Gasteiger partial charge in [0.15, 0.2) is 0 Å². The minimum atomic E-state index is -0.899. The van der Waals surface area contributed by atoms with E-state index in [-0.39, 0.29) is 11.5 Å². The first kappa shape index (κ1) is 21.8. The lowest BCUT2D eigenvalue weighted by atomic mass is 9.51. The lowest BCUT2D eigenvalue weighted by Gasteiger charge is -2.54. The fourth-order valence-corrected chi connectivity index (χ4v) is 7.50. The molecule has 6 atom stereocenters. The number of aliphatic hydroxyl groups is 2. The number of allylic oxidation sites excluding steroid dienone is 3. The molecular formula is C29H37NO2. The molecule has 0 radical (unpaired) electrons. The van der Waals surface area contributed by atoms with Gasteiger partial charge in [-0.15, -0.1) is 5.92 Å². The molecule has 4 aliphatic carbocycles. The average molecular weight is 432 g/mol. The van der Waals surface area contributed by atoms with Gasteiger partial charge in [-0.05, 0) is 92.5 Å². The van der Waals surface area contributed by atoms with Gasteiger partial charge in [-0.1, -0.05) is 36.6 Å². The molecule has 0 spiro atoms. The van der Waals surface area contributed by atoms with Gasteiger partial charge in [0.05, 0.1) is 6.10 Å². The number of hydrogen-bond acceptors (Lipinski definition) is 3. The Kier molecular flexibility index (Phi) is 5.31. The molecule has 32 heavy (non-hydrogen) atoms. The van der Waals surface area contributed by atoms with E-state index < -0.39 is 5.60 Å². The third-order valence-corrected chi connectivity index (χ3v) is 9.16. The highest BCUT2D eigenvalue weighted by molar-refractivity contribution is 5.52. The van der Waals surface area contributed by atoms with Crippen LogP contribution in [0.4, 0.5) is 5.69 Å². The first-order valence-electron chi connectivity index (χ1n) is 12.3. The Hall–Kier alpha value is -2.02. The van der Waals surface area contributed by atoms with E-state index in [1.54, 1.807) is 5.57 Å². The Bertz CT molecular complexity index is 1020. The van der Waals surface area contributed by atoms with Crippen LogP contribution in [0.3, 0.4) is 0 Å². The molecule has 0 bridgehead atoms. The standard InChI is InChI=1S/C29H37NO2/c1-5-15-29(32)16-14-26-24-12-8-20-17-22(31)11-13-23(20)27(24)25(18-28(26,29)2)19-6-9-21(10-7-19)30(3)4/h6-7,9-10,17,22,24-26,31-32H,8,11-14,16,18H2,1-4H3/t22-,24-,25-,26-,28-,29-/m0/s1. The summed E-state index contributed by atoms with van der Waals surface area (Å²) in [5, 5.41) is 22.0. The van der Waals surface area contributed by atoms with Crippen molar-refractivity contribution in [2.45, 2.75) is 76.4 Å². The average Bonchev–Trinajstić information content (AvgIpc) is 3.03. The van der Waals surface area contributed by atoms with Gasteiger partial charge in [0, 0.05) is 31.1 Å². The second kappa shape index (κ2) is 7.79. The molecule has 0 amide bonds. The minimum Gasteiger partial charge on any atom is -0.389 e. The van der Waals surface area contributed by atoms with Crippen molar-refractivity contribution in [2.75, 3.05) is 19.0 Å². The number of hydrogen-bond donors (Lipinski definition) is 2. The van der Waals surface area contributed by atoms with Crippen LogP contribution in [0.15, 0.2) is 47.1 Å². The predicted octanol–water partition coefficient (Wildman–Crippen LogP) is 5.20. The first-order valence-corrected chi connectivity index (χ1v) is 12.3. The number of anilines is 1. The van der Waals surface area contributed by atoms with E-state index in [1.165, 1.54) is 22.4 Å². The Morgan fingerprint density at radius 1 is 1.06 bits per heavy atom. The maximum absolute atomic E-state index is 11.7. The van der Waals surface area contributed by atoms with Crippen LogP contribution in [0.25, 0.3) is 0 Å². The largest absolute Gasteiger partial charge is 0.389 e. The maximum Gasteiger partial charge on any atom is 0.131 e. The molecule has 2 saturated carbocycles. The molecule has 1 aromatic carbocycles. The molecule has 0 saturated heterocycles. The second-order valence-electron chi connectivity index (χ2n) is 10.9. The van der Waals surface area contributed by atoms with Crippen molar-refractivity contribution in [3.63, 3.8) is 0 Å². The second-order valence-corrected chi connectivity index (χ2v) is 10.9. The summed E-state index contributed by atoms with van der Waals surface area (Å²) in [6.45, 7) is 4.17. The van der Waals surface area contributed by atoms with Crippen molar-refractivity contribution in [3.05, 3.63) is 52.6 Å². The number of rotatable bonds is 2. The van der Waals surface area contributed by atoms with Crippen LogP contribution in [0, 0.1) is 29.1 Å². The van der Waals surface area contributed by atoms with Gasteiger partial charge in [0.2, 0.25) is 0 Å². The van der Waals surface area contributed by atoms with Gasteiger partial charge in [0.1, 0.15) is 5.60 Å². The fourth-order valence-electron chi connectivity index (χ4n) is 7.50. The van der Waals surface area contributed by atoms with Crippen LogP contribution in [-0.4, -0.2) is 36.0 Å². The zero-order chi connectivity index (χ0) is 22.7. The van der Waals surface area contributed by atoms with Crippen molar-refractivity contribution in [3.8, 4) is 11.8 Å². The summed E-state index contributed by atoms with van der Waals surface area (Å²) in [6, 6.07) is 9.04. The molecular weight excluding hydrogens is 394 g/mol. The summed E-state index contributed by atoms with van der Waals surface area (Å²) in [5.41, 5.74) is 5.98. The van der Waals surface area contributed by atoms with E-state index in [1.807, 2.05) is 6.92 Å². The SMILES string of the molecule is CC#C[C@]1(O)CC[C@H]2[C@@H]3CCC4=C[C@@H](O)CCC4=C3[C@H](c3ccc(N(C)C)cc3)C[C@@]21C. The maximum atomic E-state index is 11.7. The van der Waals surface area contributed by atoms with Crippen molar-refractivity contribution in [1.82, 2.24) is 0 Å². The van der Waals surface area contributed by atoms with Crippen LogP contribution < -0.4 is 4.90 Å². The molecule has 3 nitrogen and oxygen atoms in total. The molecule has 0 unspecified atom stereocenters. The highest BCUT2D eigenvalue weighted by Gasteiger charge is 2.62. The lowest BCUT2D eigenvalue weighted by molar-refractivity contribution is -0.0514. The van der Waals surface area contributed by atoms with Crippen molar-refractivity contribution in [1.29, 1.82) is 0 Å². The van der Waals surface area contributed by atoms with Gasteiger partial charge in [-0.3, -0.25) is 0 Å². The Labute approximate surface area is 193 Å². The van der Waals surface area contributed by atoms with Crippen LogP contribution in [-0.2, 0) is 0 Å². The van der Waals surface area contributed by atoms with Gasteiger partial charge in [0.25, 0.3) is 0 Å². The highest BCUT2D eigenvalue weighted by Crippen LogP contribution is 2.66. The number of aliphatic hydroxyl groups excluding tert-OH is 1. The van der Waals surface area contributed by atoms with Gasteiger partial charge >= 0.3 is 0 Å². The summed E-state index contributed by atoms with van der Waals surface area (Å²) < 4.78 is 0. The van der Waals surface area contributed by atoms with Crippen LogP contribution >= 0.6 is 0 Å². The summed E-state index contributed by atoms with van der Waals surface area (Å²) in [4.78, 5) is 2.14. The molecule has 170 valence electrons. The Morgan fingerprint density at radius 3 is 2.50 bits per heavy atom. The first-order chi connectivity index (χ1) is 15.3. The summed E-state index contributed by atoms with van der Waals surface area (Å²) >= 11 is 0. The third kappa shape index (κ3) is 3.18. The highest BCUT2D eigenvalue weighted by atomic mass is 16.3. The summed E-state index contributed by atoms with van der Waals surface area (Å²) in [6.07, 6.45) is 8.58. The molecule has 0 aliphatic heterocycles. The summed E-state index contributed by atoms with van der Waals surface area (Å²) in [5.74, 6) is 7.58. The van der Waals surface area contributed by atoms with E-state index in [0.717, 1.165) is 44.9 Å². The molecule has 3 heteroatoms. The molecule has 4 aliphatic rings. The van der Waals surface area contributed by atoms with Gasteiger partial charge in [-0.25, -0.2) is 0 Å². The van der Waals surface area contributed by atoms with Crippen LogP contribution in [0.1, 0.15) is 70.3 Å². The van der Waals surface area contributed by atoms with E-state index >= 15 is 0 Å². The zero-order valence-electron chi connectivity index (χ0n) is 20.0. The van der Waals surface area contributed by atoms with Crippen LogP contribution in [0.5, 0.6) is 0 Å². The van der Waals surface area contributed by atoms with E-state index in [0.29, 0.717) is 17.8 Å². The normalized spacial score (nSPS) is 38.1. The quantitative estimate of drug-likeness (QED) is 0.633. The fraction of sp³-hybridized carbons (Fsp3) is 0.586. The third-order valence-electron chi connectivity index (χ3n) is 9.16. The van der Waals surface area contributed by atoms with Gasteiger partial charge in [-0.2, -0.15) is 0 Å². The molecule has 5 rings (SSSR count). The van der Waals surface area contributed by atoms with E-state index in [4.69, 9.17) is 0 Å². The minimum absolute atomic E-state index is 0.203. The predicted molar refractivity (Wildman–Crippen MR) is 130 cm³/mol. The number of benzene rings is 1. The molecule has 1 aromatic rings. The topological polar surface area (TPSA) is 43.7 Å². The zero-order valence-corrected chi connectivity index (χ0v) is 20.0. The number of nitrogens with zero attached hydrogens (tertiary/aromatic N) is 1. The van der Waals surface area contributed by atoms with Crippen LogP contribution in [0.2, 0.25) is 0 Å². The smallest absolute Gasteiger partial charge is 0.131 e. The summed E-state index contributed by atoms with van der Waals surface area (Å²) in [7, 11) is 4.16. The van der Waals surface area contributed by atoms with Crippen molar-refractivity contribution in [2.24, 2.45) is 17.3 Å².